The molecule has 1 amide bonds. The summed E-state index contributed by atoms with van der Waals surface area (Å²) in [4.78, 5) is 14.7. The summed E-state index contributed by atoms with van der Waals surface area (Å²) in [5.74, 6) is 1.16. The monoisotopic (exact) mass is 835 g/mol. The first-order valence-electron chi connectivity index (χ1n) is 20.8. The van der Waals surface area contributed by atoms with E-state index in [4.69, 9.17) is 23.3 Å². The number of benzene rings is 7. The van der Waals surface area contributed by atoms with Crippen LogP contribution < -0.4 is 14.8 Å². The minimum atomic E-state index is -1.76. The maximum atomic E-state index is 14.7. The molecule has 0 aliphatic carbocycles. The highest BCUT2D eigenvalue weighted by Crippen LogP contribution is 2.48. The molecule has 7 rings (SSSR count). The van der Waals surface area contributed by atoms with Crippen molar-refractivity contribution in [2.24, 2.45) is 0 Å². The summed E-state index contributed by atoms with van der Waals surface area (Å²) in [5, 5.41) is 19.7. The van der Waals surface area contributed by atoms with E-state index in [9.17, 15) is 10.1 Å². The Hall–Kier alpha value is -5.59. The zero-order chi connectivity index (χ0) is 42.9. The van der Waals surface area contributed by atoms with Gasteiger partial charge in [0, 0.05) is 25.0 Å². The van der Waals surface area contributed by atoms with E-state index in [1.54, 1.807) is 14.2 Å². The minimum Gasteiger partial charge on any atom is -0.497 e. The number of carbonyl (C=O) groups excluding carboxylic acids is 1. The average molecular weight is 836 g/mol. The highest BCUT2D eigenvalue weighted by molar-refractivity contribution is 7.44. The smallest absolute Gasteiger partial charge is 0.260 e. The molecule has 0 heterocycles. The lowest BCUT2D eigenvalue weighted by molar-refractivity contribution is -0.130. The van der Waals surface area contributed by atoms with E-state index in [-0.39, 0.29) is 44.0 Å². The number of methoxy groups -OCH3 is 2. The molecular weight excluding hydrogens is 782 g/mol. The number of nitrogens with one attached hydrogen (secondary N) is 1. The van der Waals surface area contributed by atoms with Crippen molar-refractivity contribution < 1.29 is 28.1 Å². The van der Waals surface area contributed by atoms with Gasteiger partial charge in [0.2, 0.25) is 5.91 Å². The SMILES string of the molecule is COc1ccc(C(OCC[C@@H](OP(OCCC#N)N(C(C)C)C(C)C)C(=O)NCc2ccc3ccc4cccc5ccc2c3c45)(c2ccccc2)c2ccc(OC)cc2)cc1. The Kier molecular flexibility index (Phi) is 14.2. The van der Waals surface area contributed by atoms with Crippen molar-refractivity contribution in [3.05, 3.63) is 156 Å². The summed E-state index contributed by atoms with van der Waals surface area (Å²) in [6.45, 7) is 8.93. The van der Waals surface area contributed by atoms with Gasteiger partial charge >= 0.3 is 0 Å². The van der Waals surface area contributed by atoms with Gasteiger partial charge in [-0.1, -0.05) is 109 Å². The van der Waals surface area contributed by atoms with E-state index >= 15 is 0 Å². The number of nitrogens with zero attached hydrogens (tertiary/aromatic N) is 2. The van der Waals surface area contributed by atoms with Crippen molar-refractivity contribution in [1.82, 2.24) is 9.99 Å². The number of hydrogen-bond acceptors (Lipinski definition) is 8. The fraction of sp³-hybridized carbons (Fsp3) is 0.294. The molecule has 7 aromatic carbocycles. The van der Waals surface area contributed by atoms with Crippen LogP contribution >= 0.6 is 8.53 Å². The molecule has 0 aliphatic heterocycles. The van der Waals surface area contributed by atoms with E-state index in [0.29, 0.717) is 6.54 Å². The van der Waals surface area contributed by atoms with Crippen molar-refractivity contribution in [2.75, 3.05) is 27.4 Å². The first kappa shape index (κ1) is 43.5. The maximum Gasteiger partial charge on any atom is 0.260 e. The summed E-state index contributed by atoms with van der Waals surface area (Å²) in [6, 6.07) is 47.3. The van der Waals surface area contributed by atoms with E-state index in [1.165, 1.54) is 21.5 Å². The lowest BCUT2D eigenvalue weighted by Gasteiger charge is -2.38. The summed E-state index contributed by atoms with van der Waals surface area (Å²) in [5.41, 5.74) is 2.60. The van der Waals surface area contributed by atoms with Crippen LogP contribution in [-0.2, 0) is 30.7 Å². The highest BCUT2D eigenvalue weighted by Gasteiger charge is 2.39. The highest BCUT2D eigenvalue weighted by atomic mass is 31.2. The summed E-state index contributed by atoms with van der Waals surface area (Å²) >= 11 is 0. The molecule has 1 unspecified atom stereocenters. The Bertz CT molecular complexity index is 2490. The van der Waals surface area contributed by atoms with Gasteiger partial charge in [0.15, 0.2) is 0 Å². The van der Waals surface area contributed by atoms with Crippen LogP contribution in [0.5, 0.6) is 11.5 Å². The average Bonchev–Trinajstić information content (AvgIpc) is 3.29. The van der Waals surface area contributed by atoms with Crippen molar-refractivity contribution in [3.8, 4) is 17.6 Å². The lowest BCUT2D eigenvalue weighted by Crippen LogP contribution is -2.40. The van der Waals surface area contributed by atoms with Crippen molar-refractivity contribution in [2.45, 2.75) is 70.9 Å². The summed E-state index contributed by atoms with van der Waals surface area (Å²) in [6.07, 6.45) is -0.562. The van der Waals surface area contributed by atoms with Gasteiger partial charge in [0.25, 0.3) is 8.53 Å². The van der Waals surface area contributed by atoms with Gasteiger partial charge in [-0.05, 0) is 107 Å². The largest absolute Gasteiger partial charge is 0.497 e. The number of amides is 1. The molecule has 0 aromatic heterocycles. The molecule has 0 spiro atoms. The van der Waals surface area contributed by atoms with Crippen LogP contribution in [0.3, 0.4) is 0 Å². The van der Waals surface area contributed by atoms with Crippen LogP contribution in [0.25, 0.3) is 32.3 Å². The minimum absolute atomic E-state index is 0.0428. The Labute approximate surface area is 360 Å². The van der Waals surface area contributed by atoms with Crippen molar-refractivity contribution >= 4 is 46.8 Å². The Morgan fingerprint density at radius 2 is 1.25 bits per heavy atom. The second-order valence-electron chi connectivity index (χ2n) is 15.6. The first-order valence-corrected chi connectivity index (χ1v) is 22.0. The third-order valence-corrected chi connectivity index (χ3v) is 13.3. The molecule has 0 bridgehead atoms. The van der Waals surface area contributed by atoms with Gasteiger partial charge in [-0.2, -0.15) is 5.26 Å². The van der Waals surface area contributed by atoms with E-state index in [0.717, 1.165) is 44.5 Å². The van der Waals surface area contributed by atoms with Gasteiger partial charge in [-0.25, -0.2) is 4.67 Å². The van der Waals surface area contributed by atoms with Gasteiger partial charge < -0.3 is 28.6 Å². The Balaban J connectivity index is 1.24. The normalized spacial score (nSPS) is 13.0. The molecule has 61 heavy (non-hydrogen) atoms. The van der Waals surface area contributed by atoms with Crippen LogP contribution in [0.15, 0.2) is 133 Å². The summed E-state index contributed by atoms with van der Waals surface area (Å²) in [7, 11) is 1.54. The van der Waals surface area contributed by atoms with Gasteiger partial charge in [-0.3, -0.25) is 4.79 Å². The first-order chi connectivity index (χ1) is 29.7. The third-order valence-electron chi connectivity index (χ3n) is 11.1. The zero-order valence-corrected chi connectivity index (χ0v) is 36.7. The second kappa shape index (κ2) is 19.9. The van der Waals surface area contributed by atoms with Crippen LogP contribution in [0.4, 0.5) is 0 Å². The molecule has 1 N–H and O–H groups in total. The molecule has 0 fully saturated rings. The molecule has 10 heteroatoms. The number of nitriles is 1. The van der Waals surface area contributed by atoms with Crippen LogP contribution in [0.2, 0.25) is 0 Å². The number of carbonyl (C=O) groups is 1. The topological polar surface area (TPSA) is 102 Å². The maximum absolute atomic E-state index is 14.7. The molecule has 0 saturated carbocycles. The Morgan fingerprint density at radius 1 is 0.689 bits per heavy atom. The fourth-order valence-corrected chi connectivity index (χ4v) is 10.00. The standard InChI is InChI=1S/C51H54N3O6P/c1-35(2)54(36(3)4)61(59-32-11-31-52)60-47(50(55)53-34-40-19-18-39-17-16-37-12-10-13-38-20-29-46(40)49(39)48(37)38)30-33-58-51(41-14-8-7-9-15-41,42-21-25-44(56-5)26-22-42)43-23-27-45(57-6)28-24-43/h7-10,12-29,35-36,47H,11,30,32-34H2,1-6H3,(H,53,55)/t47-,61?/m1/s1. The van der Waals surface area contributed by atoms with Crippen molar-refractivity contribution in [1.29, 1.82) is 5.26 Å². The molecule has 0 saturated heterocycles. The Morgan fingerprint density at radius 3 is 1.82 bits per heavy atom. The number of rotatable bonds is 20. The quantitative estimate of drug-likeness (QED) is 0.0350. The third kappa shape index (κ3) is 9.35. The molecule has 2 atom stereocenters. The number of ether oxygens (including phenoxy) is 3. The van der Waals surface area contributed by atoms with Gasteiger partial charge in [-0.15, -0.1) is 0 Å². The van der Waals surface area contributed by atoms with E-state index in [2.05, 4.69) is 110 Å². The molecule has 0 radical (unpaired) electrons. The van der Waals surface area contributed by atoms with Crippen LogP contribution in [0, 0.1) is 11.3 Å². The number of hydrogen-bond donors (Lipinski definition) is 1. The van der Waals surface area contributed by atoms with Crippen LogP contribution in [-0.4, -0.2) is 56.2 Å². The molecule has 0 aliphatic rings. The van der Waals surface area contributed by atoms with Gasteiger partial charge in [0.1, 0.15) is 23.2 Å². The molecule has 7 aromatic rings. The van der Waals surface area contributed by atoms with Gasteiger partial charge in [0.05, 0.1) is 39.9 Å². The zero-order valence-electron chi connectivity index (χ0n) is 35.8. The summed E-state index contributed by atoms with van der Waals surface area (Å²) < 4.78 is 33.6. The second-order valence-corrected chi connectivity index (χ2v) is 17.0. The predicted octanol–water partition coefficient (Wildman–Crippen LogP) is 11.3. The lowest BCUT2D eigenvalue weighted by atomic mass is 9.80. The van der Waals surface area contributed by atoms with Crippen molar-refractivity contribution in [3.63, 3.8) is 0 Å². The van der Waals surface area contributed by atoms with E-state index in [1.807, 2.05) is 66.7 Å². The molecular formula is C51H54N3O6P. The van der Waals surface area contributed by atoms with Crippen LogP contribution in [0.1, 0.15) is 62.8 Å². The fourth-order valence-electron chi connectivity index (χ4n) is 8.27. The predicted molar refractivity (Wildman–Crippen MR) is 245 cm³/mol. The van der Waals surface area contributed by atoms with E-state index < -0.39 is 20.2 Å². The molecule has 9 nitrogen and oxygen atoms in total. The molecule has 314 valence electrons.